The first-order chi connectivity index (χ1) is 9.22. The van der Waals surface area contributed by atoms with E-state index in [2.05, 4.69) is 48.1 Å². The topological polar surface area (TPSA) is 28.2 Å². The predicted octanol–water partition coefficient (Wildman–Crippen LogP) is 3.30. The molecule has 0 bridgehead atoms. The molecule has 2 heterocycles. The fourth-order valence-corrected chi connectivity index (χ4v) is 2.45. The third-order valence-electron chi connectivity index (χ3n) is 3.72. The zero-order valence-corrected chi connectivity index (χ0v) is 12.3. The van der Waals surface area contributed by atoms with Gasteiger partial charge in [0.25, 0.3) is 0 Å². The highest BCUT2D eigenvalue weighted by molar-refractivity contribution is 5.49. The van der Waals surface area contributed by atoms with Crippen LogP contribution in [0, 0.1) is 0 Å². The molecule has 1 aromatic rings. The Labute approximate surface area is 116 Å². The summed E-state index contributed by atoms with van der Waals surface area (Å²) in [6, 6.07) is 4.59. The van der Waals surface area contributed by atoms with Crippen LogP contribution in [-0.2, 0) is 0 Å². The van der Waals surface area contributed by atoms with E-state index in [-0.39, 0.29) is 0 Å². The summed E-state index contributed by atoms with van der Waals surface area (Å²) in [5, 5.41) is 3.55. The largest absolute Gasteiger partial charge is 0.352 e. The van der Waals surface area contributed by atoms with Gasteiger partial charge in [-0.25, -0.2) is 4.98 Å². The van der Waals surface area contributed by atoms with Gasteiger partial charge in [0.15, 0.2) is 0 Å². The van der Waals surface area contributed by atoms with Gasteiger partial charge in [-0.2, -0.15) is 0 Å². The molecule has 1 aliphatic rings. The molecular weight excluding hydrogens is 234 g/mol. The van der Waals surface area contributed by atoms with Crippen LogP contribution in [0.15, 0.2) is 30.0 Å². The van der Waals surface area contributed by atoms with Crippen LogP contribution in [0.3, 0.4) is 0 Å². The Morgan fingerprint density at radius 2 is 2.32 bits per heavy atom. The van der Waals surface area contributed by atoms with Crippen molar-refractivity contribution in [3.05, 3.63) is 35.5 Å². The van der Waals surface area contributed by atoms with Crippen molar-refractivity contribution in [1.82, 2.24) is 10.3 Å². The van der Waals surface area contributed by atoms with Crippen molar-refractivity contribution in [3.8, 4) is 0 Å². The average Bonchev–Trinajstić information content (AvgIpc) is 2.45. The number of hydrogen-bond donors (Lipinski definition) is 1. The summed E-state index contributed by atoms with van der Waals surface area (Å²) in [6.45, 7) is 9.74. The van der Waals surface area contributed by atoms with Gasteiger partial charge in [-0.1, -0.05) is 24.6 Å². The maximum Gasteiger partial charge on any atom is 0.133 e. The lowest BCUT2D eigenvalue weighted by Crippen LogP contribution is -2.31. The molecule has 3 nitrogen and oxygen atoms in total. The molecule has 1 aromatic heterocycles. The summed E-state index contributed by atoms with van der Waals surface area (Å²) < 4.78 is 0. The average molecular weight is 259 g/mol. The second-order valence-corrected chi connectivity index (χ2v) is 5.34. The van der Waals surface area contributed by atoms with Gasteiger partial charge in [-0.15, -0.1) is 0 Å². The Morgan fingerprint density at radius 1 is 1.47 bits per heavy atom. The van der Waals surface area contributed by atoms with E-state index in [1.165, 1.54) is 11.1 Å². The highest BCUT2D eigenvalue weighted by Crippen LogP contribution is 2.26. The van der Waals surface area contributed by atoms with Crippen LogP contribution in [0.4, 0.5) is 5.82 Å². The van der Waals surface area contributed by atoms with E-state index in [1.54, 1.807) is 0 Å². The maximum atomic E-state index is 4.61. The molecule has 0 saturated heterocycles. The molecule has 104 valence electrons. The molecule has 2 rings (SSSR count). The number of hydrogen-bond acceptors (Lipinski definition) is 3. The van der Waals surface area contributed by atoms with Crippen molar-refractivity contribution in [3.63, 3.8) is 0 Å². The molecule has 1 aliphatic heterocycles. The molecular formula is C16H25N3. The summed E-state index contributed by atoms with van der Waals surface area (Å²) in [5.41, 5.74) is 2.80. The molecule has 0 aromatic carbocycles. The summed E-state index contributed by atoms with van der Waals surface area (Å²) in [7, 11) is 0. The van der Waals surface area contributed by atoms with Gasteiger partial charge in [-0.05, 0) is 39.3 Å². The van der Waals surface area contributed by atoms with Gasteiger partial charge >= 0.3 is 0 Å². The van der Waals surface area contributed by atoms with Crippen molar-refractivity contribution in [2.24, 2.45) is 0 Å². The van der Waals surface area contributed by atoms with Crippen molar-refractivity contribution in [2.45, 2.75) is 39.7 Å². The van der Waals surface area contributed by atoms with Gasteiger partial charge < -0.3 is 10.2 Å². The Morgan fingerprint density at radius 3 is 3.00 bits per heavy atom. The minimum absolute atomic E-state index is 0.357. The second kappa shape index (κ2) is 6.71. The summed E-state index contributed by atoms with van der Waals surface area (Å²) in [6.07, 6.45) is 6.51. The van der Waals surface area contributed by atoms with Crippen LogP contribution >= 0.6 is 0 Å². The van der Waals surface area contributed by atoms with E-state index in [4.69, 9.17) is 0 Å². The number of anilines is 1. The maximum absolute atomic E-state index is 4.61. The molecule has 1 unspecified atom stereocenters. The van der Waals surface area contributed by atoms with E-state index in [0.29, 0.717) is 6.04 Å². The number of aromatic nitrogens is 1. The number of pyridine rings is 1. The van der Waals surface area contributed by atoms with Crippen LogP contribution < -0.4 is 10.2 Å². The summed E-state index contributed by atoms with van der Waals surface area (Å²) in [5.74, 6) is 1.14. The van der Waals surface area contributed by atoms with Gasteiger partial charge in [0, 0.05) is 30.9 Å². The fourth-order valence-electron chi connectivity index (χ4n) is 2.45. The molecule has 1 atom stereocenters. The normalized spacial score (nSPS) is 17.2. The highest BCUT2D eigenvalue weighted by Gasteiger charge is 2.17. The Bertz CT molecular complexity index is 439. The zero-order chi connectivity index (χ0) is 13.7. The van der Waals surface area contributed by atoms with Gasteiger partial charge in [-0.3, -0.25) is 0 Å². The fraction of sp³-hybridized carbons (Fsp3) is 0.562. The van der Waals surface area contributed by atoms with Crippen molar-refractivity contribution >= 4 is 5.82 Å². The molecule has 0 amide bonds. The molecule has 0 aliphatic carbocycles. The Balaban J connectivity index is 2.16. The van der Waals surface area contributed by atoms with E-state index in [1.807, 2.05) is 12.3 Å². The third kappa shape index (κ3) is 3.57. The van der Waals surface area contributed by atoms with Crippen molar-refractivity contribution in [2.75, 3.05) is 24.5 Å². The minimum Gasteiger partial charge on any atom is -0.352 e. The van der Waals surface area contributed by atoms with E-state index >= 15 is 0 Å². The second-order valence-electron chi connectivity index (χ2n) is 5.34. The van der Waals surface area contributed by atoms with E-state index < -0.39 is 0 Å². The smallest absolute Gasteiger partial charge is 0.133 e. The molecule has 3 heteroatoms. The monoisotopic (exact) mass is 259 g/mol. The first-order valence-corrected chi connectivity index (χ1v) is 7.31. The molecule has 0 spiro atoms. The van der Waals surface area contributed by atoms with Crippen molar-refractivity contribution in [1.29, 1.82) is 0 Å². The van der Waals surface area contributed by atoms with Crippen LogP contribution in [-0.4, -0.2) is 24.6 Å². The lowest BCUT2D eigenvalue weighted by atomic mass is 10.1. The standard InChI is InChI=1S/C16H25N3/c1-4-9-17-14(3)15-6-5-10-18-16(15)19-11-7-13(2)8-12-19/h5-7,10,14,17H,4,8-9,11-12H2,1-3H3. The first kappa shape index (κ1) is 14.1. The van der Waals surface area contributed by atoms with Gasteiger partial charge in [0.05, 0.1) is 0 Å². The van der Waals surface area contributed by atoms with Crippen LogP contribution in [0.1, 0.15) is 45.2 Å². The minimum atomic E-state index is 0.357. The van der Waals surface area contributed by atoms with Crippen LogP contribution in [0.5, 0.6) is 0 Å². The molecule has 0 saturated carbocycles. The van der Waals surface area contributed by atoms with E-state index in [0.717, 1.165) is 38.3 Å². The number of nitrogens with zero attached hydrogens (tertiary/aromatic N) is 2. The summed E-state index contributed by atoms with van der Waals surface area (Å²) >= 11 is 0. The number of rotatable bonds is 5. The quantitative estimate of drug-likeness (QED) is 0.822. The van der Waals surface area contributed by atoms with Gasteiger partial charge in [0.2, 0.25) is 0 Å². The highest BCUT2D eigenvalue weighted by atomic mass is 15.2. The van der Waals surface area contributed by atoms with Crippen LogP contribution in [0.25, 0.3) is 0 Å². The Hall–Kier alpha value is -1.35. The van der Waals surface area contributed by atoms with E-state index in [9.17, 15) is 0 Å². The van der Waals surface area contributed by atoms with Gasteiger partial charge in [0.1, 0.15) is 5.82 Å². The molecule has 1 N–H and O–H groups in total. The molecule has 0 radical (unpaired) electrons. The zero-order valence-electron chi connectivity index (χ0n) is 12.3. The van der Waals surface area contributed by atoms with Crippen LogP contribution in [0.2, 0.25) is 0 Å². The van der Waals surface area contributed by atoms with Crippen molar-refractivity contribution < 1.29 is 0 Å². The predicted molar refractivity (Wildman–Crippen MR) is 81.5 cm³/mol. The molecule has 19 heavy (non-hydrogen) atoms. The summed E-state index contributed by atoms with van der Waals surface area (Å²) in [4.78, 5) is 6.99. The molecule has 0 fully saturated rings. The lowest BCUT2D eigenvalue weighted by molar-refractivity contribution is 0.567. The SMILES string of the molecule is CCCNC(C)c1cccnc1N1CC=C(C)CC1. The number of nitrogens with one attached hydrogen (secondary N) is 1. The lowest BCUT2D eigenvalue weighted by Gasteiger charge is -2.29. The Kier molecular flexibility index (Phi) is 4.97. The third-order valence-corrected chi connectivity index (χ3v) is 3.72. The first-order valence-electron chi connectivity index (χ1n) is 7.31.